The van der Waals surface area contributed by atoms with Crippen LogP contribution in [0.15, 0.2) is 30.3 Å². The van der Waals surface area contributed by atoms with E-state index >= 15 is 0 Å². The molecule has 0 aliphatic heterocycles. The summed E-state index contributed by atoms with van der Waals surface area (Å²) >= 11 is 0. The van der Waals surface area contributed by atoms with Crippen LogP contribution in [0, 0.1) is 5.92 Å². The molecule has 1 aliphatic carbocycles. The first-order valence-corrected chi connectivity index (χ1v) is 7.30. The van der Waals surface area contributed by atoms with Crippen molar-refractivity contribution in [3.05, 3.63) is 35.9 Å². The fraction of sp³-hybridized carbons (Fsp3) is 0.625. The Morgan fingerprint density at radius 2 is 1.89 bits per heavy atom. The van der Waals surface area contributed by atoms with Gasteiger partial charge in [0.1, 0.15) is 0 Å². The zero-order chi connectivity index (χ0) is 13.0. The largest absolute Gasteiger partial charge is 0.323 e. The molecule has 0 bridgehead atoms. The second-order valence-electron chi connectivity index (χ2n) is 5.44. The molecule has 1 aromatic rings. The summed E-state index contributed by atoms with van der Waals surface area (Å²) in [6, 6.07) is 11.1. The van der Waals surface area contributed by atoms with Crippen LogP contribution in [0.25, 0.3) is 0 Å². The molecule has 100 valence electrons. The Hall–Kier alpha value is -0.860. The van der Waals surface area contributed by atoms with Crippen molar-refractivity contribution in [2.75, 3.05) is 13.1 Å². The Bertz CT molecular complexity index is 345. The minimum absolute atomic E-state index is 0.134. The van der Waals surface area contributed by atoms with Crippen LogP contribution in [0.4, 0.5) is 0 Å². The van der Waals surface area contributed by atoms with Crippen LogP contribution in [0.1, 0.15) is 44.7 Å². The molecule has 0 amide bonds. The quantitative estimate of drug-likeness (QED) is 0.800. The van der Waals surface area contributed by atoms with E-state index in [2.05, 4.69) is 49.1 Å². The molecule has 18 heavy (non-hydrogen) atoms. The van der Waals surface area contributed by atoms with Gasteiger partial charge in [-0.2, -0.15) is 0 Å². The Kier molecular flexibility index (Phi) is 4.79. The lowest BCUT2D eigenvalue weighted by Crippen LogP contribution is -2.43. The Balaban J connectivity index is 2.05. The molecule has 0 spiro atoms. The maximum Gasteiger partial charge on any atom is 0.0453 e. The maximum atomic E-state index is 6.48. The van der Waals surface area contributed by atoms with Gasteiger partial charge in [-0.1, -0.05) is 44.2 Å². The predicted octanol–water partition coefficient (Wildman–Crippen LogP) is 3.20. The normalized spacial score (nSPS) is 18.9. The molecular weight excluding hydrogens is 220 g/mol. The van der Waals surface area contributed by atoms with Gasteiger partial charge in [0.2, 0.25) is 0 Å². The van der Waals surface area contributed by atoms with Gasteiger partial charge in [0.25, 0.3) is 0 Å². The van der Waals surface area contributed by atoms with E-state index in [0.29, 0.717) is 6.04 Å². The lowest BCUT2D eigenvalue weighted by Gasteiger charge is -2.34. The second-order valence-corrected chi connectivity index (χ2v) is 5.44. The molecule has 0 heterocycles. The summed E-state index contributed by atoms with van der Waals surface area (Å²) in [4.78, 5) is 2.58. The molecule has 2 nitrogen and oxygen atoms in total. The number of rotatable bonds is 7. The van der Waals surface area contributed by atoms with Gasteiger partial charge in [-0.15, -0.1) is 0 Å². The third-order valence-electron chi connectivity index (χ3n) is 4.08. The molecule has 2 heteroatoms. The molecule has 1 aromatic carbocycles. The summed E-state index contributed by atoms with van der Waals surface area (Å²) in [6.07, 6.45) is 3.94. The summed E-state index contributed by atoms with van der Waals surface area (Å²) in [5.41, 5.74) is 7.74. The van der Waals surface area contributed by atoms with Gasteiger partial charge in [-0.05, 0) is 37.3 Å². The SMILES string of the molecule is CCC(C(N)c1ccccc1)N(CC)CC1CC1. The zero-order valence-electron chi connectivity index (χ0n) is 11.7. The van der Waals surface area contributed by atoms with E-state index in [0.717, 1.165) is 18.9 Å². The highest BCUT2D eigenvalue weighted by atomic mass is 15.2. The van der Waals surface area contributed by atoms with Crippen LogP contribution < -0.4 is 5.73 Å². The minimum atomic E-state index is 0.134. The number of hydrogen-bond acceptors (Lipinski definition) is 2. The molecule has 0 radical (unpaired) electrons. The van der Waals surface area contributed by atoms with Gasteiger partial charge in [0, 0.05) is 18.6 Å². The molecule has 1 saturated carbocycles. The van der Waals surface area contributed by atoms with Crippen molar-refractivity contribution in [2.24, 2.45) is 11.7 Å². The highest BCUT2D eigenvalue weighted by molar-refractivity contribution is 5.20. The van der Waals surface area contributed by atoms with Gasteiger partial charge in [-0.3, -0.25) is 4.90 Å². The van der Waals surface area contributed by atoms with Crippen molar-refractivity contribution in [2.45, 2.75) is 45.2 Å². The van der Waals surface area contributed by atoms with Crippen LogP contribution in [0.5, 0.6) is 0 Å². The van der Waals surface area contributed by atoms with Crippen molar-refractivity contribution >= 4 is 0 Å². The number of nitrogens with zero attached hydrogens (tertiary/aromatic N) is 1. The van der Waals surface area contributed by atoms with E-state index in [9.17, 15) is 0 Å². The summed E-state index contributed by atoms with van der Waals surface area (Å²) in [5, 5.41) is 0. The Labute approximate surface area is 111 Å². The molecular formula is C16H26N2. The standard InChI is InChI=1S/C16H26N2/c1-3-15(18(4-2)12-13-10-11-13)16(17)14-8-6-5-7-9-14/h5-9,13,15-16H,3-4,10-12,17H2,1-2H3. The van der Waals surface area contributed by atoms with E-state index < -0.39 is 0 Å². The molecule has 0 saturated heterocycles. The average Bonchev–Trinajstić information content (AvgIpc) is 3.23. The van der Waals surface area contributed by atoms with Crippen LogP contribution >= 0.6 is 0 Å². The van der Waals surface area contributed by atoms with Gasteiger partial charge in [0.05, 0.1) is 0 Å². The summed E-state index contributed by atoms with van der Waals surface area (Å²) < 4.78 is 0. The van der Waals surface area contributed by atoms with Gasteiger partial charge >= 0.3 is 0 Å². The third kappa shape index (κ3) is 3.33. The van der Waals surface area contributed by atoms with E-state index in [-0.39, 0.29) is 6.04 Å². The molecule has 0 aromatic heterocycles. The lowest BCUT2D eigenvalue weighted by atomic mass is 9.96. The Morgan fingerprint density at radius 1 is 1.22 bits per heavy atom. The van der Waals surface area contributed by atoms with E-state index in [4.69, 9.17) is 5.73 Å². The molecule has 2 rings (SSSR count). The van der Waals surface area contributed by atoms with Gasteiger partial charge in [-0.25, -0.2) is 0 Å². The average molecular weight is 246 g/mol. The lowest BCUT2D eigenvalue weighted by molar-refractivity contribution is 0.167. The zero-order valence-corrected chi connectivity index (χ0v) is 11.7. The van der Waals surface area contributed by atoms with Crippen LogP contribution in [-0.2, 0) is 0 Å². The fourth-order valence-corrected chi connectivity index (χ4v) is 2.77. The highest BCUT2D eigenvalue weighted by Crippen LogP contribution is 2.32. The third-order valence-corrected chi connectivity index (χ3v) is 4.08. The highest BCUT2D eigenvalue weighted by Gasteiger charge is 2.29. The minimum Gasteiger partial charge on any atom is -0.323 e. The maximum absolute atomic E-state index is 6.48. The van der Waals surface area contributed by atoms with Gasteiger partial charge in [0.15, 0.2) is 0 Å². The number of benzene rings is 1. The van der Waals surface area contributed by atoms with E-state index in [1.54, 1.807) is 0 Å². The topological polar surface area (TPSA) is 29.3 Å². The molecule has 2 unspecified atom stereocenters. The van der Waals surface area contributed by atoms with E-state index in [1.165, 1.54) is 24.9 Å². The predicted molar refractivity (Wildman–Crippen MR) is 77.4 cm³/mol. The number of hydrogen-bond donors (Lipinski definition) is 1. The van der Waals surface area contributed by atoms with Crippen molar-refractivity contribution in [3.8, 4) is 0 Å². The molecule has 1 aliphatic rings. The number of nitrogens with two attached hydrogens (primary N) is 1. The smallest absolute Gasteiger partial charge is 0.0453 e. The summed E-state index contributed by atoms with van der Waals surface area (Å²) in [5.74, 6) is 0.932. The first-order chi connectivity index (χ1) is 8.76. The van der Waals surface area contributed by atoms with E-state index in [1.807, 2.05) is 0 Å². The van der Waals surface area contributed by atoms with Crippen molar-refractivity contribution in [3.63, 3.8) is 0 Å². The molecule has 2 N–H and O–H groups in total. The molecule has 2 atom stereocenters. The van der Waals surface area contributed by atoms with Crippen LogP contribution in [0.3, 0.4) is 0 Å². The number of likely N-dealkylation sites (N-methyl/N-ethyl adjacent to an activating group) is 1. The summed E-state index contributed by atoms with van der Waals surface area (Å²) in [7, 11) is 0. The van der Waals surface area contributed by atoms with Crippen LogP contribution in [-0.4, -0.2) is 24.0 Å². The van der Waals surface area contributed by atoms with Crippen molar-refractivity contribution in [1.82, 2.24) is 4.90 Å². The summed E-state index contributed by atoms with van der Waals surface area (Å²) in [6.45, 7) is 6.84. The monoisotopic (exact) mass is 246 g/mol. The Morgan fingerprint density at radius 3 is 2.39 bits per heavy atom. The first kappa shape index (κ1) is 13.6. The first-order valence-electron chi connectivity index (χ1n) is 7.30. The van der Waals surface area contributed by atoms with Crippen molar-refractivity contribution < 1.29 is 0 Å². The van der Waals surface area contributed by atoms with Crippen LogP contribution in [0.2, 0.25) is 0 Å². The fourth-order valence-electron chi connectivity index (χ4n) is 2.77. The van der Waals surface area contributed by atoms with Gasteiger partial charge < -0.3 is 5.73 Å². The second kappa shape index (κ2) is 6.35. The molecule has 1 fully saturated rings. The van der Waals surface area contributed by atoms with Crippen molar-refractivity contribution in [1.29, 1.82) is 0 Å².